The molecule has 0 amide bonds. The van der Waals surface area contributed by atoms with Gasteiger partial charge in [-0.25, -0.2) is 0 Å². The Labute approximate surface area is 105 Å². The van der Waals surface area contributed by atoms with Crippen LogP contribution in [0.4, 0.5) is 0 Å². The van der Waals surface area contributed by atoms with Crippen molar-refractivity contribution in [2.75, 3.05) is 0 Å². The standard InChI is InChI=1S/C14H18BrN/c1-9(14(2,3)4)11-8-16-13-10(11)6-5-7-12(13)15/h5-9,16H,1-4H3. The molecule has 1 N–H and O–H groups in total. The van der Waals surface area contributed by atoms with Crippen LogP contribution in [-0.4, -0.2) is 4.98 Å². The lowest BCUT2D eigenvalue weighted by molar-refractivity contribution is 0.341. The SMILES string of the molecule is CC(c1c[nH]c2c(Br)cccc12)C(C)(C)C. The van der Waals surface area contributed by atoms with Crippen molar-refractivity contribution in [1.29, 1.82) is 0 Å². The van der Waals surface area contributed by atoms with Gasteiger partial charge in [0.2, 0.25) is 0 Å². The summed E-state index contributed by atoms with van der Waals surface area (Å²) in [6, 6.07) is 6.36. The van der Waals surface area contributed by atoms with Crippen molar-refractivity contribution in [3.8, 4) is 0 Å². The number of benzene rings is 1. The highest BCUT2D eigenvalue weighted by atomic mass is 79.9. The van der Waals surface area contributed by atoms with Gasteiger partial charge in [0.1, 0.15) is 0 Å². The number of nitrogens with one attached hydrogen (secondary N) is 1. The Morgan fingerprint density at radius 1 is 1.25 bits per heavy atom. The van der Waals surface area contributed by atoms with Gasteiger partial charge in [-0.15, -0.1) is 0 Å². The maximum Gasteiger partial charge on any atom is 0.0601 e. The molecule has 0 saturated heterocycles. The van der Waals surface area contributed by atoms with E-state index in [1.807, 2.05) is 0 Å². The number of H-pyrrole nitrogens is 1. The second kappa shape index (κ2) is 3.92. The van der Waals surface area contributed by atoms with E-state index in [4.69, 9.17) is 0 Å². The Morgan fingerprint density at radius 2 is 1.94 bits per heavy atom. The molecule has 2 heteroatoms. The fraction of sp³-hybridized carbons (Fsp3) is 0.429. The van der Waals surface area contributed by atoms with Crippen molar-refractivity contribution in [3.05, 3.63) is 34.4 Å². The zero-order chi connectivity index (χ0) is 11.9. The second-order valence-corrected chi connectivity index (χ2v) is 6.35. The van der Waals surface area contributed by atoms with Gasteiger partial charge in [-0.2, -0.15) is 0 Å². The lowest BCUT2D eigenvalue weighted by Crippen LogP contribution is -2.14. The number of fused-ring (bicyclic) bond motifs is 1. The first-order valence-corrected chi connectivity index (χ1v) is 6.46. The van der Waals surface area contributed by atoms with Gasteiger partial charge in [0, 0.05) is 16.1 Å². The van der Waals surface area contributed by atoms with Crippen LogP contribution < -0.4 is 0 Å². The number of hydrogen-bond acceptors (Lipinski definition) is 0. The predicted molar refractivity (Wildman–Crippen MR) is 73.9 cm³/mol. The van der Waals surface area contributed by atoms with Gasteiger partial charge in [-0.05, 0) is 38.9 Å². The minimum atomic E-state index is 0.289. The molecule has 2 aromatic rings. The van der Waals surface area contributed by atoms with E-state index < -0.39 is 0 Å². The van der Waals surface area contributed by atoms with E-state index in [-0.39, 0.29) is 5.41 Å². The first-order chi connectivity index (χ1) is 7.41. The smallest absolute Gasteiger partial charge is 0.0601 e. The molecule has 1 unspecified atom stereocenters. The highest BCUT2D eigenvalue weighted by Crippen LogP contribution is 2.39. The van der Waals surface area contributed by atoms with E-state index in [2.05, 4.69) is 73.0 Å². The van der Waals surface area contributed by atoms with E-state index in [0.29, 0.717) is 5.92 Å². The van der Waals surface area contributed by atoms with Crippen LogP contribution in [0.1, 0.15) is 39.2 Å². The minimum Gasteiger partial charge on any atom is -0.360 e. The van der Waals surface area contributed by atoms with Gasteiger partial charge >= 0.3 is 0 Å². The molecule has 1 aromatic heterocycles. The molecule has 0 aliphatic heterocycles. The number of para-hydroxylation sites is 1. The fourth-order valence-electron chi connectivity index (χ4n) is 1.96. The molecule has 86 valence electrons. The van der Waals surface area contributed by atoms with Crippen LogP contribution in [0.2, 0.25) is 0 Å². The van der Waals surface area contributed by atoms with Crippen LogP contribution in [0.3, 0.4) is 0 Å². The summed E-state index contributed by atoms with van der Waals surface area (Å²) in [6.07, 6.45) is 2.14. The van der Waals surface area contributed by atoms with E-state index >= 15 is 0 Å². The lowest BCUT2D eigenvalue weighted by atomic mass is 9.78. The van der Waals surface area contributed by atoms with Crippen molar-refractivity contribution in [3.63, 3.8) is 0 Å². The van der Waals surface area contributed by atoms with Crippen LogP contribution in [0.25, 0.3) is 10.9 Å². The average Bonchev–Trinajstić information content (AvgIpc) is 2.60. The van der Waals surface area contributed by atoms with Crippen molar-refractivity contribution < 1.29 is 0 Å². The van der Waals surface area contributed by atoms with E-state index in [1.54, 1.807) is 0 Å². The highest BCUT2D eigenvalue weighted by molar-refractivity contribution is 9.10. The zero-order valence-electron chi connectivity index (χ0n) is 10.3. The maximum atomic E-state index is 3.58. The molecule has 1 nitrogen and oxygen atoms in total. The molecule has 0 fully saturated rings. The van der Waals surface area contributed by atoms with Crippen LogP contribution in [0.5, 0.6) is 0 Å². The highest BCUT2D eigenvalue weighted by Gasteiger charge is 2.24. The minimum absolute atomic E-state index is 0.289. The molecule has 0 bridgehead atoms. The molecule has 1 heterocycles. The molecule has 2 rings (SSSR count). The van der Waals surface area contributed by atoms with Gasteiger partial charge in [0.25, 0.3) is 0 Å². The summed E-state index contributed by atoms with van der Waals surface area (Å²) < 4.78 is 1.14. The number of halogens is 1. The van der Waals surface area contributed by atoms with Gasteiger partial charge in [-0.1, -0.05) is 39.8 Å². The van der Waals surface area contributed by atoms with Gasteiger partial charge in [-0.3, -0.25) is 0 Å². The summed E-state index contributed by atoms with van der Waals surface area (Å²) in [6.45, 7) is 9.15. The molecule has 0 aliphatic carbocycles. The third-order valence-electron chi connectivity index (χ3n) is 3.46. The number of hydrogen-bond donors (Lipinski definition) is 1. The van der Waals surface area contributed by atoms with Crippen molar-refractivity contribution >= 4 is 26.8 Å². The zero-order valence-corrected chi connectivity index (χ0v) is 11.9. The Hall–Kier alpha value is -0.760. The van der Waals surface area contributed by atoms with E-state index in [1.165, 1.54) is 16.5 Å². The maximum absolute atomic E-state index is 3.58. The van der Waals surface area contributed by atoms with Crippen LogP contribution in [0.15, 0.2) is 28.9 Å². The number of rotatable bonds is 1. The molecule has 1 atom stereocenters. The Morgan fingerprint density at radius 3 is 2.56 bits per heavy atom. The molecule has 1 aromatic carbocycles. The molecular weight excluding hydrogens is 262 g/mol. The lowest BCUT2D eigenvalue weighted by Gasteiger charge is -2.27. The first kappa shape index (κ1) is 11.7. The first-order valence-electron chi connectivity index (χ1n) is 5.67. The number of aromatic amines is 1. The molecule has 0 aliphatic rings. The Balaban J connectivity index is 2.59. The normalized spacial score (nSPS) is 14.3. The van der Waals surface area contributed by atoms with Crippen LogP contribution in [0, 0.1) is 5.41 Å². The van der Waals surface area contributed by atoms with Gasteiger partial charge in [0.15, 0.2) is 0 Å². The van der Waals surface area contributed by atoms with Crippen LogP contribution >= 0.6 is 15.9 Å². The molecule has 0 saturated carbocycles. The van der Waals surface area contributed by atoms with Crippen molar-refractivity contribution in [2.24, 2.45) is 5.41 Å². The fourth-order valence-corrected chi connectivity index (χ4v) is 2.44. The number of aromatic nitrogens is 1. The average molecular weight is 280 g/mol. The summed E-state index contributed by atoms with van der Waals surface area (Å²) >= 11 is 3.58. The summed E-state index contributed by atoms with van der Waals surface area (Å²) in [7, 11) is 0. The van der Waals surface area contributed by atoms with Crippen molar-refractivity contribution in [1.82, 2.24) is 4.98 Å². The summed E-state index contributed by atoms with van der Waals surface area (Å²) in [5.74, 6) is 0.538. The Kier molecular flexibility index (Phi) is 2.87. The molecule has 0 radical (unpaired) electrons. The largest absolute Gasteiger partial charge is 0.360 e. The van der Waals surface area contributed by atoms with E-state index in [0.717, 1.165) is 4.47 Å². The predicted octanol–water partition coefficient (Wildman–Crippen LogP) is 5.08. The van der Waals surface area contributed by atoms with Gasteiger partial charge < -0.3 is 4.98 Å². The van der Waals surface area contributed by atoms with Crippen LogP contribution in [-0.2, 0) is 0 Å². The topological polar surface area (TPSA) is 15.8 Å². The third-order valence-corrected chi connectivity index (χ3v) is 4.12. The quantitative estimate of drug-likeness (QED) is 0.749. The summed E-state index contributed by atoms with van der Waals surface area (Å²) in [5.41, 5.74) is 2.90. The van der Waals surface area contributed by atoms with E-state index in [9.17, 15) is 0 Å². The molecule has 0 spiro atoms. The summed E-state index contributed by atoms with van der Waals surface area (Å²) in [5, 5.41) is 1.33. The molecular formula is C14H18BrN. The third kappa shape index (κ3) is 1.91. The second-order valence-electron chi connectivity index (χ2n) is 5.49. The monoisotopic (exact) mass is 279 g/mol. The molecule has 16 heavy (non-hydrogen) atoms. The summed E-state index contributed by atoms with van der Waals surface area (Å²) in [4.78, 5) is 3.36. The Bertz CT molecular complexity index is 505. The van der Waals surface area contributed by atoms with Gasteiger partial charge in [0.05, 0.1) is 5.52 Å². The van der Waals surface area contributed by atoms with Crippen molar-refractivity contribution in [2.45, 2.75) is 33.6 Å².